The number of rotatable bonds is 2. The van der Waals surface area contributed by atoms with Crippen LogP contribution in [0.4, 0.5) is 5.13 Å². The van der Waals surface area contributed by atoms with E-state index in [9.17, 15) is 9.59 Å². The molecule has 1 aliphatic carbocycles. The molecule has 0 saturated heterocycles. The lowest BCUT2D eigenvalue weighted by Crippen LogP contribution is -2.26. The SMILES string of the molecule is CC1(C)CC(=O)c2sc(NC(=O)c3cc(Br)c(Br)s3)nc2C1. The van der Waals surface area contributed by atoms with Crippen molar-refractivity contribution in [2.75, 3.05) is 5.32 Å². The highest BCUT2D eigenvalue weighted by Crippen LogP contribution is 2.38. The van der Waals surface area contributed by atoms with Gasteiger partial charge in [0.25, 0.3) is 5.91 Å². The van der Waals surface area contributed by atoms with E-state index in [0.29, 0.717) is 21.3 Å². The molecule has 0 spiro atoms. The van der Waals surface area contributed by atoms with Crippen LogP contribution in [0.15, 0.2) is 14.3 Å². The number of anilines is 1. The van der Waals surface area contributed by atoms with E-state index in [1.807, 2.05) is 0 Å². The number of halogens is 2. The molecule has 1 aliphatic rings. The lowest BCUT2D eigenvalue weighted by Gasteiger charge is -2.26. The molecule has 1 amide bonds. The van der Waals surface area contributed by atoms with Crippen molar-refractivity contribution in [1.82, 2.24) is 4.98 Å². The van der Waals surface area contributed by atoms with Gasteiger partial charge in [0.2, 0.25) is 0 Å². The molecule has 0 unspecified atom stereocenters. The molecule has 0 aromatic carbocycles. The zero-order valence-corrected chi connectivity index (χ0v) is 16.6. The van der Waals surface area contributed by atoms with Crippen molar-refractivity contribution in [2.24, 2.45) is 5.41 Å². The Morgan fingerprint density at radius 2 is 2.05 bits per heavy atom. The highest BCUT2D eigenvalue weighted by molar-refractivity contribution is 9.13. The summed E-state index contributed by atoms with van der Waals surface area (Å²) in [6.45, 7) is 4.12. The van der Waals surface area contributed by atoms with Crippen LogP contribution < -0.4 is 5.32 Å². The highest BCUT2D eigenvalue weighted by atomic mass is 79.9. The normalized spacial score (nSPS) is 16.5. The van der Waals surface area contributed by atoms with Crippen LogP contribution in [0.5, 0.6) is 0 Å². The Hall–Kier alpha value is -0.570. The molecule has 8 heteroatoms. The largest absolute Gasteiger partial charge is 0.297 e. The minimum Gasteiger partial charge on any atom is -0.297 e. The predicted molar refractivity (Wildman–Crippen MR) is 96.2 cm³/mol. The zero-order valence-electron chi connectivity index (χ0n) is 11.8. The Kier molecular flexibility index (Phi) is 4.30. The number of amides is 1. The lowest BCUT2D eigenvalue weighted by molar-refractivity contribution is 0.0915. The van der Waals surface area contributed by atoms with E-state index >= 15 is 0 Å². The number of nitrogens with one attached hydrogen (secondary N) is 1. The maximum atomic E-state index is 12.2. The lowest BCUT2D eigenvalue weighted by atomic mass is 9.78. The molecule has 0 saturated carbocycles. The van der Waals surface area contributed by atoms with Crippen LogP contribution in [0.1, 0.15) is 45.3 Å². The zero-order chi connectivity index (χ0) is 16.1. The van der Waals surface area contributed by atoms with E-state index in [0.717, 1.165) is 20.4 Å². The van der Waals surface area contributed by atoms with Crippen molar-refractivity contribution in [3.63, 3.8) is 0 Å². The van der Waals surface area contributed by atoms with Crippen molar-refractivity contribution < 1.29 is 9.59 Å². The van der Waals surface area contributed by atoms with Gasteiger partial charge in [0, 0.05) is 10.9 Å². The number of nitrogens with zero attached hydrogens (tertiary/aromatic N) is 1. The molecule has 4 nitrogen and oxygen atoms in total. The number of thiophene rings is 1. The van der Waals surface area contributed by atoms with Gasteiger partial charge >= 0.3 is 0 Å². The number of carbonyl (C=O) groups excluding carboxylic acids is 2. The van der Waals surface area contributed by atoms with Gasteiger partial charge in [0.05, 0.1) is 19.2 Å². The fourth-order valence-electron chi connectivity index (χ4n) is 2.39. The molecule has 2 aromatic rings. The fourth-order valence-corrected chi connectivity index (χ4v) is 5.24. The summed E-state index contributed by atoms with van der Waals surface area (Å²) in [5.41, 5.74) is 0.734. The fraction of sp³-hybridized carbons (Fsp3) is 0.357. The van der Waals surface area contributed by atoms with Gasteiger partial charge < -0.3 is 0 Å². The molecule has 0 fully saturated rings. The Bertz CT molecular complexity index is 760. The van der Waals surface area contributed by atoms with Gasteiger partial charge in [0.1, 0.15) is 0 Å². The molecule has 1 N–H and O–H groups in total. The van der Waals surface area contributed by atoms with E-state index in [1.54, 1.807) is 6.07 Å². The van der Waals surface area contributed by atoms with Gasteiger partial charge in [-0.25, -0.2) is 4.98 Å². The average Bonchev–Trinajstić information content (AvgIpc) is 2.92. The van der Waals surface area contributed by atoms with E-state index in [-0.39, 0.29) is 17.1 Å². The molecule has 116 valence electrons. The minimum absolute atomic E-state index is 0.0666. The molecule has 0 bridgehead atoms. The van der Waals surface area contributed by atoms with Gasteiger partial charge in [-0.1, -0.05) is 25.2 Å². The van der Waals surface area contributed by atoms with E-state index in [4.69, 9.17) is 0 Å². The van der Waals surface area contributed by atoms with Gasteiger partial charge in [0.15, 0.2) is 10.9 Å². The number of fused-ring (bicyclic) bond motifs is 1. The summed E-state index contributed by atoms with van der Waals surface area (Å²) in [4.78, 5) is 30.1. The van der Waals surface area contributed by atoms with Crippen LogP contribution in [0, 0.1) is 5.41 Å². The first kappa shape index (κ1) is 16.3. The number of hydrogen-bond donors (Lipinski definition) is 1. The minimum atomic E-state index is -0.214. The topological polar surface area (TPSA) is 59.1 Å². The first-order valence-electron chi connectivity index (χ1n) is 6.54. The second kappa shape index (κ2) is 5.81. The van der Waals surface area contributed by atoms with Crippen LogP contribution >= 0.6 is 54.5 Å². The molecular formula is C14H12Br2N2O2S2. The van der Waals surface area contributed by atoms with Crippen LogP contribution in [0.25, 0.3) is 0 Å². The number of thiazole rings is 1. The van der Waals surface area contributed by atoms with Crippen molar-refractivity contribution in [3.8, 4) is 0 Å². The summed E-state index contributed by atoms with van der Waals surface area (Å²) in [7, 11) is 0. The van der Waals surface area contributed by atoms with Crippen LogP contribution in [0.2, 0.25) is 0 Å². The molecule has 2 aromatic heterocycles. The van der Waals surface area contributed by atoms with Crippen LogP contribution in [-0.4, -0.2) is 16.7 Å². The molecule has 2 heterocycles. The second-order valence-corrected chi connectivity index (χ2v) is 10.1. The second-order valence-electron chi connectivity index (χ2n) is 5.92. The molecule has 0 atom stereocenters. The summed E-state index contributed by atoms with van der Waals surface area (Å²) >= 11 is 9.34. The number of carbonyl (C=O) groups is 2. The third-order valence-electron chi connectivity index (χ3n) is 3.33. The molecule has 22 heavy (non-hydrogen) atoms. The average molecular weight is 464 g/mol. The van der Waals surface area contributed by atoms with Crippen LogP contribution in [0.3, 0.4) is 0 Å². The molecule has 0 radical (unpaired) electrons. The number of Topliss-reactive ketones (excluding diaryl/α,β-unsaturated/α-hetero) is 1. The third kappa shape index (κ3) is 3.20. The first-order valence-corrected chi connectivity index (χ1v) is 9.76. The van der Waals surface area contributed by atoms with Crippen molar-refractivity contribution in [3.05, 3.63) is 29.8 Å². The van der Waals surface area contributed by atoms with Gasteiger partial charge in [-0.15, -0.1) is 11.3 Å². The van der Waals surface area contributed by atoms with E-state index < -0.39 is 0 Å². The monoisotopic (exact) mass is 462 g/mol. The summed E-state index contributed by atoms with van der Waals surface area (Å²) in [5, 5.41) is 3.28. The van der Waals surface area contributed by atoms with Gasteiger partial charge in [-0.2, -0.15) is 0 Å². The Balaban J connectivity index is 1.83. The smallest absolute Gasteiger partial charge is 0.267 e. The van der Waals surface area contributed by atoms with E-state index in [2.05, 4.69) is 56.0 Å². The van der Waals surface area contributed by atoms with Crippen LogP contribution in [-0.2, 0) is 6.42 Å². The number of ketones is 1. The summed E-state index contributed by atoms with van der Waals surface area (Å²) in [6, 6.07) is 1.76. The van der Waals surface area contributed by atoms with Gasteiger partial charge in [-0.3, -0.25) is 14.9 Å². The van der Waals surface area contributed by atoms with E-state index in [1.165, 1.54) is 22.7 Å². The summed E-state index contributed by atoms with van der Waals surface area (Å²) in [6.07, 6.45) is 1.29. The third-order valence-corrected chi connectivity index (χ3v) is 7.63. The standard InChI is InChI=1S/C14H12Br2N2O2S2/c1-14(2)4-7-10(8(19)5-14)22-13(17-7)18-12(20)9-3-6(15)11(16)21-9/h3H,4-5H2,1-2H3,(H,17,18,20). The maximum Gasteiger partial charge on any atom is 0.267 e. The first-order chi connectivity index (χ1) is 10.2. The van der Waals surface area contributed by atoms with Gasteiger partial charge in [-0.05, 0) is 49.8 Å². The van der Waals surface area contributed by atoms with Crippen molar-refractivity contribution in [2.45, 2.75) is 26.7 Å². The Morgan fingerprint density at radius 3 is 2.68 bits per heavy atom. The summed E-state index contributed by atoms with van der Waals surface area (Å²) < 4.78 is 1.71. The van der Waals surface area contributed by atoms with Crippen molar-refractivity contribution >= 4 is 71.4 Å². The molecular weight excluding hydrogens is 452 g/mol. The Labute approximate surface area is 152 Å². The number of aromatic nitrogens is 1. The number of hydrogen-bond acceptors (Lipinski definition) is 5. The maximum absolute atomic E-state index is 12.2. The molecule has 0 aliphatic heterocycles. The van der Waals surface area contributed by atoms with Crippen molar-refractivity contribution in [1.29, 1.82) is 0 Å². The molecule has 3 rings (SSSR count). The quantitative estimate of drug-likeness (QED) is 0.670. The Morgan fingerprint density at radius 1 is 1.32 bits per heavy atom. The predicted octanol–water partition coefficient (Wildman–Crippen LogP) is 5.14. The highest BCUT2D eigenvalue weighted by Gasteiger charge is 2.34. The summed E-state index contributed by atoms with van der Waals surface area (Å²) in [5.74, 6) is -0.0972.